The van der Waals surface area contributed by atoms with Gasteiger partial charge in [0.25, 0.3) is 0 Å². The van der Waals surface area contributed by atoms with Gasteiger partial charge in [0.2, 0.25) is 11.8 Å². The summed E-state index contributed by atoms with van der Waals surface area (Å²) in [6.45, 7) is 6.25. The minimum Gasteiger partial charge on any atom is -0.355 e. The number of likely N-dealkylation sites (tertiary alicyclic amines) is 1. The van der Waals surface area contributed by atoms with Crippen LogP contribution in [0, 0.1) is 5.92 Å². The lowest BCUT2D eigenvalue weighted by molar-refractivity contribution is -0.125. The summed E-state index contributed by atoms with van der Waals surface area (Å²) in [5, 5.41) is 5.23. The maximum absolute atomic E-state index is 11.4. The summed E-state index contributed by atoms with van der Waals surface area (Å²) in [5.41, 5.74) is 5.12. The molecule has 0 unspecified atom stereocenters. The average Bonchev–Trinajstić information content (AvgIpc) is 2.42. The first-order chi connectivity index (χ1) is 9.11. The molecule has 6 nitrogen and oxygen atoms in total. The zero-order valence-electron chi connectivity index (χ0n) is 12.6. The highest BCUT2D eigenvalue weighted by Crippen LogP contribution is 2.15. The number of nitrogens with one attached hydrogen (secondary N) is 2. The van der Waals surface area contributed by atoms with E-state index in [0.29, 0.717) is 6.54 Å². The summed E-state index contributed by atoms with van der Waals surface area (Å²) in [6, 6.07) is 0. The third-order valence-corrected chi connectivity index (χ3v) is 3.48. The van der Waals surface area contributed by atoms with Crippen molar-refractivity contribution in [1.82, 2.24) is 15.5 Å². The topological polar surface area (TPSA) is 87.5 Å². The first-order valence-electron chi connectivity index (χ1n) is 7.07. The quantitative estimate of drug-likeness (QED) is 0.574. The molecule has 1 heterocycles. The Bertz CT molecular complexity index is 298. The lowest BCUT2D eigenvalue weighted by Gasteiger charge is -2.30. The van der Waals surface area contributed by atoms with E-state index in [1.807, 2.05) is 0 Å². The summed E-state index contributed by atoms with van der Waals surface area (Å²) >= 11 is 0. The van der Waals surface area contributed by atoms with E-state index in [9.17, 15) is 9.59 Å². The van der Waals surface area contributed by atoms with Gasteiger partial charge in [-0.25, -0.2) is 0 Å². The minimum atomic E-state index is -0.308. The normalized spacial score (nSPS) is 15.5. The fourth-order valence-corrected chi connectivity index (χ4v) is 2.13. The predicted octanol–water partition coefficient (Wildman–Crippen LogP) is 0.143. The molecule has 8 heteroatoms. The lowest BCUT2D eigenvalue weighted by Crippen LogP contribution is -2.40. The molecule has 0 aromatic rings. The van der Waals surface area contributed by atoms with Crippen molar-refractivity contribution >= 4 is 36.6 Å². The number of carbonyl (C=O) groups is 2. The lowest BCUT2D eigenvalue weighted by atomic mass is 9.99. The van der Waals surface area contributed by atoms with Crippen LogP contribution < -0.4 is 16.4 Å². The van der Waals surface area contributed by atoms with E-state index in [1.54, 1.807) is 0 Å². The highest BCUT2D eigenvalue weighted by molar-refractivity contribution is 5.86. The van der Waals surface area contributed by atoms with Crippen molar-refractivity contribution < 1.29 is 9.59 Å². The summed E-state index contributed by atoms with van der Waals surface area (Å²) < 4.78 is 0. The number of nitrogens with zero attached hydrogens (tertiary/aromatic N) is 1. The monoisotopic (exact) mass is 342 g/mol. The van der Waals surface area contributed by atoms with E-state index in [0.717, 1.165) is 18.9 Å². The molecule has 0 atom stereocenters. The van der Waals surface area contributed by atoms with Gasteiger partial charge in [0.05, 0.1) is 13.1 Å². The van der Waals surface area contributed by atoms with Crippen LogP contribution >= 0.6 is 24.8 Å². The fraction of sp³-hybridized carbons (Fsp3) is 0.846. The third-order valence-electron chi connectivity index (χ3n) is 3.48. The molecule has 4 N–H and O–H groups in total. The molecule has 0 saturated carbocycles. The molecule has 0 aromatic carbocycles. The number of rotatable bonds is 7. The van der Waals surface area contributed by atoms with Crippen LogP contribution in [0.5, 0.6) is 0 Å². The summed E-state index contributed by atoms with van der Waals surface area (Å²) in [5.74, 6) is 0.383. The van der Waals surface area contributed by atoms with E-state index < -0.39 is 0 Å². The average molecular weight is 343 g/mol. The summed E-state index contributed by atoms with van der Waals surface area (Å²) in [6.07, 6.45) is 3.50. The number of amides is 2. The van der Waals surface area contributed by atoms with Crippen molar-refractivity contribution in [3.63, 3.8) is 0 Å². The Morgan fingerprint density at radius 3 is 2.33 bits per heavy atom. The van der Waals surface area contributed by atoms with Gasteiger partial charge in [0, 0.05) is 6.54 Å². The molecule has 1 saturated heterocycles. The van der Waals surface area contributed by atoms with Crippen molar-refractivity contribution in [3.8, 4) is 0 Å². The van der Waals surface area contributed by atoms with Gasteiger partial charge in [-0.2, -0.15) is 0 Å². The van der Waals surface area contributed by atoms with Crippen molar-refractivity contribution in [2.45, 2.75) is 26.2 Å². The van der Waals surface area contributed by atoms with Gasteiger partial charge in [-0.15, -0.1) is 24.8 Å². The number of halogens is 2. The van der Waals surface area contributed by atoms with E-state index in [4.69, 9.17) is 5.73 Å². The largest absolute Gasteiger partial charge is 0.355 e. The van der Waals surface area contributed by atoms with E-state index in [1.165, 1.54) is 25.9 Å². The van der Waals surface area contributed by atoms with Crippen LogP contribution in [0.4, 0.5) is 0 Å². The summed E-state index contributed by atoms with van der Waals surface area (Å²) in [7, 11) is 0. The smallest absolute Gasteiger partial charge is 0.239 e. The van der Waals surface area contributed by atoms with Gasteiger partial charge in [-0.1, -0.05) is 6.92 Å². The van der Waals surface area contributed by atoms with Gasteiger partial charge in [0.15, 0.2) is 0 Å². The molecule has 1 fully saturated rings. The SMILES string of the molecule is CC1CCN(CCCNC(=O)CNC(=O)CN)CC1.Cl.Cl. The van der Waals surface area contributed by atoms with Gasteiger partial charge < -0.3 is 21.3 Å². The zero-order valence-corrected chi connectivity index (χ0v) is 14.2. The molecule has 2 amide bonds. The second-order valence-electron chi connectivity index (χ2n) is 5.21. The Hall–Kier alpha value is -0.560. The molecule has 21 heavy (non-hydrogen) atoms. The molecule has 0 aromatic heterocycles. The highest BCUT2D eigenvalue weighted by atomic mass is 35.5. The first-order valence-corrected chi connectivity index (χ1v) is 7.07. The van der Waals surface area contributed by atoms with Crippen molar-refractivity contribution in [1.29, 1.82) is 0 Å². The number of hydrogen-bond donors (Lipinski definition) is 3. The number of carbonyl (C=O) groups excluding carboxylic acids is 2. The second-order valence-corrected chi connectivity index (χ2v) is 5.21. The molecule has 0 aliphatic carbocycles. The Morgan fingerprint density at radius 2 is 1.76 bits per heavy atom. The van der Waals surface area contributed by atoms with Crippen LogP contribution in [0.3, 0.4) is 0 Å². The predicted molar refractivity (Wildman–Crippen MR) is 89.0 cm³/mol. The Kier molecular flexibility index (Phi) is 14.2. The van der Waals surface area contributed by atoms with Crippen molar-refractivity contribution in [2.75, 3.05) is 39.3 Å². The Labute approximate surface area is 139 Å². The van der Waals surface area contributed by atoms with Gasteiger partial charge in [-0.3, -0.25) is 9.59 Å². The van der Waals surface area contributed by atoms with Crippen molar-refractivity contribution in [2.24, 2.45) is 11.7 Å². The Morgan fingerprint density at radius 1 is 1.14 bits per heavy atom. The number of hydrogen-bond acceptors (Lipinski definition) is 4. The molecule has 1 aliphatic rings. The first kappa shape index (κ1) is 22.7. The van der Waals surface area contributed by atoms with Gasteiger partial charge in [0.1, 0.15) is 0 Å². The van der Waals surface area contributed by atoms with E-state index in [-0.39, 0.29) is 49.7 Å². The van der Waals surface area contributed by atoms with Gasteiger partial charge in [-0.05, 0) is 44.8 Å². The van der Waals surface area contributed by atoms with Crippen LogP contribution in [-0.2, 0) is 9.59 Å². The molecule has 0 radical (unpaired) electrons. The zero-order chi connectivity index (χ0) is 14.1. The van der Waals surface area contributed by atoms with Gasteiger partial charge >= 0.3 is 0 Å². The summed E-state index contributed by atoms with van der Waals surface area (Å²) in [4.78, 5) is 24.7. The molecular formula is C13H28Cl2N4O2. The van der Waals surface area contributed by atoms with E-state index >= 15 is 0 Å². The Balaban J connectivity index is 0. The molecule has 0 bridgehead atoms. The van der Waals surface area contributed by atoms with Crippen LogP contribution in [0.2, 0.25) is 0 Å². The molecule has 0 spiro atoms. The minimum absolute atomic E-state index is 0. The maximum atomic E-state index is 11.4. The molecular weight excluding hydrogens is 315 g/mol. The van der Waals surface area contributed by atoms with E-state index in [2.05, 4.69) is 22.5 Å². The van der Waals surface area contributed by atoms with Crippen LogP contribution in [0.1, 0.15) is 26.2 Å². The second kappa shape index (κ2) is 13.1. The maximum Gasteiger partial charge on any atom is 0.239 e. The third kappa shape index (κ3) is 10.8. The number of piperidine rings is 1. The molecule has 126 valence electrons. The molecule has 1 rings (SSSR count). The number of nitrogens with two attached hydrogens (primary N) is 1. The highest BCUT2D eigenvalue weighted by Gasteiger charge is 2.14. The van der Waals surface area contributed by atoms with Crippen LogP contribution in [0.25, 0.3) is 0 Å². The molecule has 1 aliphatic heterocycles. The van der Waals surface area contributed by atoms with Crippen LogP contribution in [0.15, 0.2) is 0 Å². The fourth-order valence-electron chi connectivity index (χ4n) is 2.13. The van der Waals surface area contributed by atoms with Crippen LogP contribution in [-0.4, -0.2) is 56.0 Å². The van der Waals surface area contributed by atoms with Crippen molar-refractivity contribution in [3.05, 3.63) is 0 Å². The standard InChI is InChI=1S/C13H26N4O2.2ClH/c1-11-3-7-17(8-4-11)6-2-5-15-13(19)10-16-12(18)9-14;;/h11H,2-10,14H2,1H3,(H,15,19)(H,16,18);2*1H.